The number of carboxylic acids is 1. The average molecular weight is 161 g/mol. The van der Waals surface area contributed by atoms with Gasteiger partial charge in [0.05, 0.1) is 12.0 Å². The zero-order chi connectivity index (χ0) is 8.85. The van der Waals surface area contributed by atoms with E-state index in [1.807, 2.05) is 0 Å². The largest absolute Gasteiger partial charge is 0.481 e. The van der Waals surface area contributed by atoms with E-state index in [0.717, 1.165) is 0 Å². The van der Waals surface area contributed by atoms with E-state index in [2.05, 4.69) is 0 Å². The lowest BCUT2D eigenvalue weighted by atomic mass is 9.99. The van der Waals surface area contributed by atoms with Gasteiger partial charge in [-0.05, 0) is 26.3 Å². The Labute approximate surface area is 66.0 Å². The highest BCUT2D eigenvalue weighted by molar-refractivity contribution is 5.69. The van der Waals surface area contributed by atoms with E-state index in [1.54, 1.807) is 6.92 Å². The van der Waals surface area contributed by atoms with Crippen molar-refractivity contribution in [3.05, 3.63) is 0 Å². The van der Waals surface area contributed by atoms with Crippen LogP contribution < -0.4 is 5.73 Å². The molecule has 4 nitrogen and oxygen atoms in total. The minimum Gasteiger partial charge on any atom is -0.481 e. The first-order valence-electron chi connectivity index (χ1n) is 3.68. The molecule has 0 aromatic heterocycles. The van der Waals surface area contributed by atoms with Crippen LogP contribution in [0.3, 0.4) is 0 Å². The van der Waals surface area contributed by atoms with Gasteiger partial charge >= 0.3 is 5.97 Å². The summed E-state index contributed by atoms with van der Waals surface area (Å²) in [4.78, 5) is 10.5. The molecule has 0 aliphatic carbocycles. The third kappa shape index (κ3) is 4.75. The highest BCUT2D eigenvalue weighted by Crippen LogP contribution is 2.10. The van der Waals surface area contributed by atoms with Gasteiger partial charge in [-0.25, -0.2) is 0 Å². The summed E-state index contributed by atoms with van der Waals surface area (Å²) in [5.74, 6) is -1.38. The molecular formula is C7H15NO3. The van der Waals surface area contributed by atoms with Crippen molar-refractivity contribution in [1.82, 2.24) is 0 Å². The van der Waals surface area contributed by atoms with Gasteiger partial charge in [0.25, 0.3) is 0 Å². The molecular weight excluding hydrogens is 146 g/mol. The van der Waals surface area contributed by atoms with E-state index in [-0.39, 0.29) is 6.42 Å². The fourth-order valence-corrected chi connectivity index (χ4v) is 0.955. The average Bonchev–Trinajstić information content (AvgIpc) is 1.86. The summed E-state index contributed by atoms with van der Waals surface area (Å²) in [7, 11) is 0. The van der Waals surface area contributed by atoms with Gasteiger partial charge in [0.1, 0.15) is 0 Å². The molecule has 0 rings (SSSR count). The number of carbonyl (C=O) groups is 1. The first-order valence-corrected chi connectivity index (χ1v) is 3.68. The second-order valence-electron chi connectivity index (χ2n) is 2.70. The van der Waals surface area contributed by atoms with Gasteiger partial charge in [-0.3, -0.25) is 4.79 Å². The Hall–Kier alpha value is -0.610. The standard InChI is InChI=1S/C7H15NO3/c1-5(9)4-6(2-3-8)7(10)11/h5-6,9H,2-4,8H2,1H3,(H,10,11). The van der Waals surface area contributed by atoms with Crippen LogP contribution in [0.1, 0.15) is 19.8 Å². The molecule has 11 heavy (non-hydrogen) atoms. The Morgan fingerprint density at radius 2 is 2.18 bits per heavy atom. The van der Waals surface area contributed by atoms with Gasteiger partial charge in [-0.1, -0.05) is 0 Å². The molecule has 4 heteroatoms. The summed E-state index contributed by atoms with van der Waals surface area (Å²) >= 11 is 0. The molecule has 0 aromatic rings. The first-order chi connectivity index (χ1) is 5.07. The van der Waals surface area contributed by atoms with Crippen molar-refractivity contribution in [2.24, 2.45) is 11.7 Å². The van der Waals surface area contributed by atoms with Gasteiger partial charge < -0.3 is 15.9 Å². The van der Waals surface area contributed by atoms with Gasteiger partial charge in [-0.2, -0.15) is 0 Å². The lowest BCUT2D eigenvalue weighted by Gasteiger charge is -2.11. The van der Waals surface area contributed by atoms with E-state index < -0.39 is 18.0 Å². The third-order valence-electron chi connectivity index (χ3n) is 1.49. The van der Waals surface area contributed by atoms with Crippen LogP contribution in [0.2, 0.25) is 0 Å². The minimum atomic E-state index is -0.878. The second-order valence-corrected chi connectivity index (χ2v) is 2.70. The van der Waals surface area contributed by atoms with Crippen molar-refractivity contribution in [2.45, 2.75) is 25.9 Å². The number of aliphatic hydroxyl groups is 1. The number of hydrogen-bond donors (Lipinski definition) is 3. The molecule has 2 atom stereocenters. The number of rotatable bonds is 5. The number of nitrogens with two attached hydrogens (primary N) is 1. The maximum atomic E-state index is 10.5. The van der Waals surface area contributed by atoms with Gasteiger partial charge in [0.15, 0.2) is 0 Å². The van der Waals surface area contributed by atoms with Crippen molar-refractivity contribution in [1.29, 1.82) is 0 Å². The fourth-order valence-electron chi connectivity index (χ4n) is 0.955. The van der Waals surface area contributed by atoms with E-state index in [9.17, 15) is 4.79 Å². The molecule has 0 saturated carbocycles. The maximum Gasteiger partial charge on any atom is 0.306 e. The lowest BCUT2D eigenvalue weighted by molar-refractivity contribution is -0.142. The third-order valence-corrected chi connectivity index (χ3v) is 1.49. The monoisotopic (exact) mass is 161 g/mol. The van der Waals surface area contributed by atoms with Crippen LogP contribution in [0.25, 0.3) is 0 Å². The molecule has 0 aliphatic rings. The molecule has 0 aromatic carbocycles. The van der Waals surface area contributed by atoms with E-state index in [1.165, 1.54) is 0 Å². The number of carboxylic acid groups (broad SMARTS) is 1. The Morgan fingerprint density at radius 3 is 2.45 bits per heavy atom. The smallest absolute Gasteiger partial charge is 0.306 e. The summed E-state index contributed by atoms with van der Waals surface area (Å²) in [6, 6.07) is 0. The Balaban J connectivity index is 3.79. The summed E-state index contributed by atoms with van der Waals surface area (Å²) in [5, 5.41) is 17.5. The summed E-state index contributed by atoms with van der Waals surface area (Å²) < 4.78 is 0. The molecule has 0 aliphatic heterocycles. The van der Waals surface area contributed by atoms with Crippen LogP contribution in [-0.2, 0) is 4.79 Å². The maximum absolute atomic E-state index is 10.5. The van der Waals surface area contributed by atoms with Crippen molar-refractivity contribution in [3.63, 3.8) is 0 Å². The molecule has 0 fully saturated rings. The predicted octanol–water partition coefficient (Wildman–Crippen LogP) is -0.193. The van der Waals surface area contributed by atoms with Crippen molar-refractivity contribution in [3.8, 4) is 0 Å². The van der Waals surface area contributed by atoms with E-state index >= 15 is 0 Å². The summed E-state index contributed by atoms with van der Waals surface area (Å²) in [6.45, 7) is 1.93. The SMILES string of the molecule is CC(O)CC(CCN)C(=O)O. The number of aliphatic hydroxyl groups excluding tert-OH is 1. The zero-order valence-electron chi connectivity index (χ0n) is 6.66. The number of hydrogen-bond acceptors (Lipinski definition) is 3. The van der Waals surface area contributed by atoms with Crippen LogP contribution >= 0.6 is 0 Å². The second kappa shape index (κ2) is 5.09. The van der Waals surface area contributed by atoms with Crippen LogP contribution in [0, 0.1) is 5.92 Å². The van der Waals surface area contributed by atoms with Gasteiger partial charge in [-0.15, -0.1) is 0 Å². The van der Waals surface area contributed by atoms with Crippen LogP contribution in [0.5, 0.6) is 0 Å². The van der Waals surface area contributed by atoms with E-state index in [0.29, 0.717) is 13.0 Å². The summed E-state index contributed by atoms with van der Waals surface area (Å²) in [6.07, 6.45) is 0.148. The van der Waals surface area contributed by atoms with Crippen molar-refractivity contribution < 1.29 is 15.0 Å². The molecule has 4 N–H and O–H groups in total. The lowest BCUT2D eigenvalue weighted by Crippen LogP contribution is -2.21. The molecule has 0 bridgehead atoms. The Morgan fingerprint density at radius 1 is 1.64 bits per heavy atom. The molecule has 0 amide bonds. The molecule has 66 valence electrons. The molecule has 0 heterocycles. The summed E-state index contributed by atoms with van der Waals surface area (Å²) in [5.41, 5.74) is 5.20. The highest BCUT2D eigenvalue weighted by atomic mass is 16.4. The van der Waals surface area contributed by atoms with Crippen molar-refractivity contribution >= 4 is 5.97 Å². The van der Waals surface area contributed by atoms with E-state index in [4.69, 9.17) is 15.9 Å². The molecule has 0 spiro atoms. The van der Waals surface area contributed by atoms with Crippen LogP contribution in [0.15, 0.2) is 0 Å². The fraction of sp³-hybridized carbons (Fsp3) is 0.857. The van der Waals surface area contributed by atoms with Crippen LogP contribution in [0.4, 0.5) is 0 Å². The molecule has 0 radical (unpaired) electrons. The quantitative estimate of drug-likeness (QED) is 0.521. The van der Waals surface area contributed by atoms with Crippen LogP contribution in [-0.4, -0.2) is 28.8 Å². The number of aliphatic carboxylic acids is 1. The Kier molecular flexibility index (Phi) is 4.81. The Bertz CT molecular complexity index is 125. The topological polar surface area (TPSA) is 83.5 Å². The highest BCUT2D eigenvalue weighted by Gasteiger charge is 2.17. The molecule has 0 saturated heterocycles. The van der Waals surface area contributed by atoms with Gasteiger partial charge in [0.2, 0.25) is 0 Å². The zero-order valence-corrected chi connectivity index (χ0v) is 6.66. The van der Waals surface area contributed by atoms with Crippen molar-refractivity contribution in [2.75, 3.05) is 6.54 Å². The predicted molar refractivity (Wildman–Crippen MR) is 41.1 cm³/mol. The van der Waals surface area contributed by atoms with Gasteiger partial charge in [0, 0.05) is 0 Å². The normalized spacial score (nSPS) is 15.9. The first kappa shape index (κ1) is 10.4. The minimum absolute atomic E-state index is 0.284. The molecule has 2 unspecified atom stereocenters.